The Morgan fingerprint density at radius 2 is 1.26 bits per heavy atom. The fraction of sp³-hybridized carbons (Fsp3) is 0.259. The molecule has 0 radical (unpaired) electrons. The number of carbonyl (C=O) groups is 2. The topological polar surface area (TPSA) is 66.6 Å². The first-order chi connectivity index (χ1) is 18.0. The smallest absolute Gasteiger partial charge is 0.313 e. The van der Waals surface area contributed by atoms with Crippen molar-refractivity contribution in [3.8, 4) is 0 Å². The maximum atomic E-state index is 14.6. The minimum Gasteiger partial charge on any atom is -0.313 e. The van der Waals surface area contributed by atoms with Gasteiger partial charge in [0.05, 0.1) is 6.67 Å². The quantitative estimate of drug-likeness (QED) is 0.282. The number of carbonyl (C=O) groups excluding carboxylic acids is 2. The van der Waals surface area contributed by atoms with Crippen molar-refractivity contribution in [3.63, 3.8) is 0 Å². The number of amides is 2. The third-order valence-electron chi connectivity index (χ3n) is 6.16. The van der Waals surface area contributed by atoms with Crippen molar-refractivity contribution in [2.45, 2.75) is 31.9 Å². The Bertz CT molecular complexity index is 1330. The van der Waals surface area contributed by atoms with E-state index in [-0.39, 0.29) is 34.7 Å². The van der Waals surface area contributed by atoms with Gasteiger partial charge in [-0.2, -0.15) is 26.3 Å². The minimum absolute atomic E-state index is 0.00288. The average Bonchev–Trinajstić information content (AvgIpc) is 2.87. The van der Waals surface area contributed by atoms with Crippen LogP contribution in [0, 0.1) is 13.8 Å². The molecule has 0 heterocycles. The summed E-state index contributed by atoms with van der Waals surface area (Å²) in [5, 5.41) is 0. The molecule has 39 heavy (non-hydrogen) atoms. The van der Waals surface area contributed by atoms with Gasteiger partial charge in [0.2, 0.25) is 0 Å². The number of benzene rings is 3. The number of hydrogen-bond acceptors (Lipinski definition) is 3. The lowest BCUT2D eigenvalue weighted by atomic mass is 9.90. The molecule has 5 nitrogen and oxygen atoms in total. The zero-order valence-electron chi connectivity index (χ0n) is 21.0. The average molecular weight is 555 g/mol. The van der Waals surface area contributed by atoms with Crippen LogP contribution in [0.15, 0.2) is 66.7 Å². The van der Waals surface area contributed by atoms with E-state index in [0.29, 0.717) is 17.7 Å². The van der Waals surface area contributed by atoms with E-state index in [2.05, 4.69) is 0 Å². The number of anilines is 2. The van der Waals surface area contributed by atoms with E-state index in [1.807, 2.05) is 0 Å². The summed E-state index contributed by atoms with van der Waals surface area (Å²) in [4.78, 5) is 28.5. The molecule has 12 heteroatoms. The fourth-order valence-corrected chi connectivity index (χ4v) is 4.32. The lowest BCUT2D eigenvalue weighted by molar-refractivity contribution is -0.348. The van der Waals surface area contributed by atoms with Crippen LogP contribution in [-0.2, 0) is 5.67 Å². The SMILES string of the molecule is Cc1cc(C(F)(C(F)(F)F)C(F)(F)F)cc(C)c1N(C)C(=O)c1cccc(N(CN)C(=O)c2ccccc2)c1. The van der Waals surface area contributed by atoms with Crippen molar-refractivity contribution in [3.05, 3.63) is 94.5 Å². The van der Waals surface area contributed by atoms with Crippen LogP contribution in [0.3, 0.4) is 0 Å². The predicted octanol–water partition coefficient (Wildman–Crippen LogP) is 6.43. The van der Waals surface area contributed by atoms with E-state index >= 15 is 0 Å². The van der Waals surface area contributed by atoms with Crippen molar-refractivity contribution in [1.82, 2.24) is 0 Å². The lowest BCUT2D eigenvalue weighted by Gasteiger charge is -2.32. The van der Waals surface area contributed by atoms with Gasteiger partial charge in [-0.15, -0.1) is 0 Å². The van der Waals surface area contributed by atoms with Crippen LogP contribution in [0.25, 0.3) is 0 Å². The van der Waals surface area contributed by atoms with Gasteiger partial charge < -0.3 is 10.6 Å². The molecule has 0 aliphatic rings. The van der Waals surface area contributed by atoms with Crippen molar-refractivity contribution in [2.24, 2.45) is 5.73 Å². The molecule has 3 aromatic rings. The third kappa shape index (κ3) is 5.47. The molecule has 0 bridgehead atoms. The minimum atomic E-state index is -6.26. The van der Waals surface area contributed by atoms with Crippen LogP contribution >= 0.6 is 0 Å². The fourth-order valence-electron chi connectivity index (χ4n) is 4.32. The monoisotopic (exact) mass is 555 g/mol. The van der Waals surface area contributed by atoms with Gasteiger partial charge in [-0.25, -0.2) is 4.39 Å². The van der Waals surface area contributed by atoms with E-state index in [1.54, 1.807) is 36.4 Å². The van der Waals surface area contributed by atoms with Crippen LogP contribution < -0.4 is 15.5 Å². The summed E-state index contributed by atoms with van der Waals surface area (Å²) in [5.41, 5.74) is -1.12. The highest BCUT2D eigenvalue weighted by atomic mass is 19.4. The van der Waals surface area contributed by atoms with Crippen LogP contribution in [0.4, 0.5) is 42.1 Å². The highest BCUT2D eigenvalue weighted by Gasteiger charge is 2.73. The number of alkyl halides is 7. The number of halogens is 7. The molecule has 3 aromatic carbocycles. The summed E-state index contributed by atoms with van der Waals surface area (Å²) in [6.07, 6.45) is -12.5. The van der Waals surface area contributed by atoms with Gasteiger partial charge in [0, 0.05) is 35.1 Å². The Kier molecular flexibility index (Phi) is 8.11. The number of rotatable bonds is 6. The van der Waals surface area contributed by atoms with Crippen LogP contribution in [0.1, 0.15) is 37.4 Å². The van der Waals surface area contributed by atoms with E-state index in [0.717, 1.165) is 4.90 Å². The molecule has 0 aliphatic carbocycles. The highest BCUT2D eigenvalue weighted by Crippen LogP contribution is 2.54. The molecular formula is C27H24F7N3O2. The maximum absolute atomic E-state index is 14.6. The second-order valence-electron chi connectivity index (χ2n) is 8.81. The van der Waals surface area contributed by atoms with Gasteiger partial charge in [-0.05, 0) is 55.3 Å². The van der Waals surface area contributed by atoms with E-state index in [9.17, 15) is 40.3 Å². The molecule has 0 saturated carbocycles. The predicted molar refractivity (Wildman–Crippen MR) is 132 cm³/mol. The first-order valence-electron chi connectivity index (χ1n) is 11.4. The number of nitrogens with zero attached hydrogens (tertiary/aromatic N) is 2. The first kappa shape index (κ1) is 29.6. The summed E-state index contributed by atoms with van der Waals surface area (Å²) in [6, 6.07) is 14.9. The standard InChI is InChI=1S/C27H24F7N3O2/c1-16-12-20(25(28,26(29,30)31)27(32,33)34)13-17(2)22(16)36(3)23(38)19-10-7-11-21(14-19)37(15-35)24(39)18-8-5-4-6-9-18/h4-14H,15,35H2,1-3H3. The molecule has 208 valence electrons. The summed E-state index contributed by atoms with van der Waals surface area (Å²) in [5.74, 6) is -1.11. The van der Waals surface area contributed by atoms with Crippen LogP contribution in [0.2, 0.25) is 0 Å². The lowest BCUT2D eigenvalue weighted by Crippen LogP contribution is -2.50. The molecule has 0 spiro atoms. The Morgan fingerprint density at radius 3 is 1.74 bits per heavy atom. The molecular weight excluding hydrogens is 531 g/mol. The second kappa shape index (κ2) is 10.7. The molecule has 0 atom stereocenters. The first-order valence-corrected chi connectivity index (χ1v) is 11.4. The summed E-state index contributed by atoms with van der Waals surface area (Å²) in [7, 11) is 1.27. The van der Waals surface area contributed by atoms with Crippen molar-refractivity contribution < 1.29 is 40.3 Å². The zero-order valence-corrected chi connectivity index (χ0v) is 21.0. The highest BCUT2D eigenvalue weighted by molar-refractivity contribution is 6.09. The maximum Gasteiger partial charge on any atom is 0.435 e. The third-order valence-corrected chi connectivity index (χ3v) is 6.16. The molecule has 0 fully saturated rings. The Morgan fingerprint density at radius 1 is 0.744 bits per heavy atom. The molecule has 2 amide bonds. The van der Waals surface area contributed by atoms with Crippen LogP contribution in [0.5, 0.6) is 0 Å². The van der Waals surface area contributed by atoms with Crippen molar-refractivity contribution in [1.29, 1.82) is 0 Å². The van der Waals surface area contributed by atoms with Gasteiger partial charge in [0.15, 0.2) is 0 Å². The Labute approximate surface area is 219 Å². The molecule has 3 rings (SSSR count). The van der Waals surface area contributed by atoms with Crippen molar-refractivity contribution >= 4 is 23.2 Å². The number of nitrogens with two attached hydrogens (primary N) is 1. The van der Waals surface area contributed by atoms with E-state index in [4.69, 9.17) is 5.73 Å². The summed E-state index contributed by atoms with van der Waals surface area (Å²) < 4.78 is 94.2. The summed E-state index contributed by atoms with van der Waals surface area (Å²) >= 11 is 0. The molecule has 0 aromatic heterocycles. The normalized spacial score (nSPS) is 12.3. The van der Waals surface area contributed by atoms with Crippen LogP contribution in [-0.4, -0.2) is 37.9 Å². The van der Waals surface area contributed by atoms with Gasteiger partial charge in [0.1, 0.15) is 0 Å². The van der Waals surface area contributed by atoms with Gasteiger partial charge in [-0.3, -0.25) is 14.5 Å². The molecule has 0 saturated heterocycles. The number of aryl methyl sites for hydroxylation is 2. The Hall–Kier alpha value is -3.93. The molecule has 0 unspecified atom stereocenters. The summed E-state index contributed by atoms with van der Waals surface area (Å²) in [6.45, 7) is 2.13. The second-order valence-corrected chi connectivity index (χ2v) is 8.81. The molecule has 0 aliphatic heterocycles. The molecule has 2 N–H and O–H groups in total. The largest absolute Gasteiger partial charge is 0.435 e. The van der Waals surface area contributed by atoms with Crippen molar-refractivity contribution in [2.75, 3.05) is 23.5 Å². The van der Waals surface area contributed by atoms with Gasteiger partial charge in [0.25, 0.3) is 11.8 Å². The van der Waals surface area contributed by atoms with E-state index < -0.39 is 35.4 Å². The van der Waals surface area contributed by atoms with E-state index in [1.165, 1.54) is 44.0 Å². The zero-order chi connectivity index (χ0) is 29.3. The Balaban J connectivity index is 1.99. The number of hydrogen-bond donors (Lipinski definition) is 1. The van der Waals surface area contributed by atoms with Gasteiger partial charge >= 0.3 is 18.0 Å². The van der Waals surface area contributed by atoms with Gasteiger partial charge in [-0.1, -0.05) is 36.4 Å².